The number of furan rings is 2. The van der Waals surface area contributed by atoms with Crippen LogP contribution in [0, 0.1) is 0 Å². The van der Waals surface area contributed by atoms with Gasteiger partial charge in [0.1, 0.15) is 17.8 Å². The first kappa shape index (κ1) is 15.5. The molecule has 2 saturated heterocycles. The summed E-state index contributed by atoms with van der Waals surface area (Å²) in [5.41, 5.74) is 0.622. The van der Waals surface area contributed by atoms with Crippen molar-refractivity contribution in [3.63, 3.8) is 0 Å². The van der Waals surface area contributed by atoms with Crippen LogP contribution in [0.5, 0.6) is 0 Å². The quantitative estimate of drug-likeness (QED) is 0.862. The summed E-state index contributed by atoms with van der Waals surface area (Å²) >= 11 is 0. The topological polar surface area (TPSA) is 59.1 Å². The average Bonchev–Trinajstić information content (AvgIpc) is 3.35. The molecule has 4 rings (SSSR count). The minimum absolute atomic E-state index is 0.0193. The normalized spacial score (nSPS) is 22.2. The van der Waals surface area contributed by atoms with Crippen LogP contribution in [0.25, 0.3) is 0 Å². The van der Waals surface area contributed by atoms with E-state index in [1.165, 1.54) is 0 Å². The molecule has 0 radical (unpaired) electrons. The largest absolute Gasteiger partial charge is 0.467 e. The van der Waals surface area contributed by atoms with Gasteiger partial charge in [0, 0.05) is 19.6 Å². The third-order valence-electron chi connectivity index (χ3n) is 4.77. The number of carbonyl (C=O) groups is 1. The number of morpholine rings is 1. The second-order valence-electron chi connectivity index (χ2n) is 6.36. The van der Waals surface area contributed by atoms with E-state index in [4.69, 9.17) is 13.6 Å². The van der Waals surface area contributed by atoms with Crippen LogP contribution in [-0.4, -0.2) is 48.6 Å². The van der Waals surface area contributed by atoms with Gasteiger partial charge in [-0.05, 0) is 31.0 Å². The zero-order valence-electron chi connectivity index (χ0n) is 13.6. The lowest BCUT2D eigenvalue weighted by Gasteiger charge is -2.25. The number of carbonyl (C=O) groups excluding carboxylic acids is 1. The summed E-state index contributed by atoms with van der Waals surface area (Å²) in [5, 5.41) is 0. The lowest BCUT2D eigenvalue weighted by molar-refractivity contribution is 0.0313. The van der Waals surface area contributed by atoms with Crippen molar-refractivity contribution in [3.8, 4) is 0 Å². The molecule has 2 aromatic rings. The maximum atomic E-state index is 12.8. The first-order valence-corrected chi connectivity index (χ1v) is 8.53. The molecular weight excluding hydrogens is 308 g/mol. The van der Waals surface area contributed by atoms with Gasteiger partial charge in [0.15, 0.2) is 0 Å². The first-order valence-electron chi connectivity index (χ1n) is 8.53. The molecule has 1 atom stereocenters. The molecule has 128 valence electrons. The van der Waals surface area contributed by atoms with Gasteiger partial charge in [0.25, 0.3) is 5.91 Å². The van der Waals surface area contributed by atoms with Gasteiger partial charge >= 0.3 is 0 Å². The van der Waals surface area contributed by atoms with E-state index >= 15 is 0 Å². The van der Waals surface area contributed by atoms with Crippen molar-refractivity contribution in [1.82, 2.24) is 9.80 Å². The maximum absolute atomic E-state index is 12.8. The summed E-state index contributed by atoms with van der Waals surface area (Å²) in [6, 6.07) is 5.71. The van der Waals surface area contributed by atoms with Gasteiger partial charge in [0.2, 0.25) is 0 Å². The van der Waals surface area contributed by atoms with Crippen LogP contribution in [-0.2, 0) is 11.3 Å². The van der Waals surface area contributed by atoms with E-state index in [1.54, 1.807) is 12.5 Å². The van der Waals surface area contributed by atoms with Crippen molar-refractivity contribution >= 4 is 5.91 Å². The standard InChI is InChI=1S/C18H22N2O4/c21-18(20-5-1-3-16(20)17-4-2-8-23-17)14-11-15(24-13-14)12-19-6-9-22-10-7-19/h2,4,8,11,13,16H,1,3,5-7,9-10,12H2/t16-/m1/s1. The summed E-state index contributed by atoms with van der Waals surface area (Å²) in [6.45, 7) is 4.79. The number of amides is 1. The molecule has 0 aliphatic carbocycles. The van der Waals surface area contributed by atoms with Crippen LogP contribution in [0.2, 0.25) is 0 Å². The van der Waals surface area contributed by atoms with Crippen LogP contribution < -0.4 is 0 Å². The van der Waals surface area contributed by atoms with Crippen molar-refractivity contribution in [2.24, 2.45) is 0 Å². The Labute approximate surface area is 141 Å². The number of nitrogens with zero attached hydrogens (tertiary/aromatic N) is 2. The van der Waals surface area contributed by atoms with E-state index in [0.29, 0.717) is 5.56 Å². The molecular formula is C18H22N2O4. The summed E-state index contributed by atoms with van der Waals surface area (Å²) in [5.74, 6) is 1.71. The molecule has 24 heavy (non-hydrogen) atoms. The highest BCUT2D eigenvalue weighted by atomic mass is 16.5. The van der Waals surface area contributed by atoms with Crippen molar-refractivity contribution in [2.45, 2.75) is 25.4 Å². The summed E-state index contributed by atoms with van der Waals surface area (Å²) in [7, 11) is 0. The Morgan fingerprint density at radius 1 is 1.21 bits per heavy atom. The molecule has 2 fully saturated rings. The zero-order valence-corrected chi connectivity index (χ0v) is 13.6. The molecule has 6 nitrogen and oxygen atoms in total. The summed E-state index contributed by atoms with van der Waals surface area (Å²) in [6.07, 6.45) is 5.18. The lowest BCUT2D eigenvalue weighted by atomic mass is 10.1. The fourth-order valence-electron chi connectivity index (χ4n) is 3.51. The van der Waals surface area contributed by atoms with Crippen molar-refractivity contribution < 1.29 is 18.4 Å². The Bertz CT molecular complexity index is 673. The minimum Gasteiger partial charge on any atom is -0.467 e. The Morgan fingerprint density at radius 2 is 2.08 bits per heavy atom. The van der Waals surface area contributed by atoms with Gasteiger partial charge in [-0.25, -0.2) is 0 Å². The van der Waals surface area contributed by atoms with Crippen LogP contribution >= 0.6 is 0 Å². The van der Waals surface area contributed by atoms with Crippen LogP contribution in [0.15, 0.2) is 39.6 Å². The third-order valence-corrected chi connectivity index (χ3v) is 4.77. The van der Waals surface area contributed by atoms with Gasteiger partial charge in [0.05, 0.1) is 37.6 Å². The molecule has 0 N–H and O–H groups in total. The number of hydrogen-bond acceptors (Lipinski definition) is 5. The van der Waals surface area contributed by atoms with Gasteiger partial charge < -0.3 is 18.5 Å². The molecule has 1 amide bonds. The van der Waals surface area contributed by atoms with Gasteiger partial charge in [-0.3, -0.25) is 9.69 Å². The highest BCUT2D eigenvalue weighted by molar-refractivity contribution is 5.94. The zero-order chi connectivity index (χ0) is 16.4. The van der Waals surface area contributed by atoms with Crippen LogP contribution in [0.4, 0.5) is 0 Å². The monoisotopic (exact) mass is 330 g/mol. The van der Waals surface area contributed by atoms with Crippen molar-refractivity contribution in [2.75, 3.05) is 32.8 Å². The van der Waals surface area contributed by atoms with Crippen molar-refractivity contribution in [1.29, 1.82) is 0 Å². The van der Waals surface area contributed by atoms with E-state index in [1.807, 2.05) is 23.1 Å². The Kier molecular flexibility index (Phi) is 4.40. The summed E-state index contributed by atoms with van der Waals surface area (Å²) < 4.78 is 16.5. The number of hydrogen-bond donors (Lipinski definition) is 0. The predicted molar refractivity (Wildman–Crippen MR) is 86.5 cm³/mol. The minimum atomic E-state index is 0.0193. The average molecular weight is 330 g/mol. The molecule has 2 aliphatic heterocycles. The van der Waals surface area contributed by atoms with Gasteiger partial charge in [-0.1, -0.05) is 0 Å². The second-order valence-corrected chi connectivity index (χ2v) is 6.36. The molecule has 0 unspecified atom stereocenters. The molecule has 0 bridgehead atoms. The number of ether oxygens (including phenoxy) is 1. The lowest BCUT2D eigenvalue weighted by Crippen LogP contribution is -2.35. The van der Waals surface area contributed by atoms with E-state index in [0.717, 1.165) is 63.8 Å². The van der Waals surface area contributed by atoms with E-state index in [2.05, 4.69) is 4.90 Å². The molecule has 0 spiro atoms. The first-order chi connectivity index (χ1) is 11.8. The molecule has 2 aliphatic rings. The highest BCUT2D eigenvalue weighted by Crippen LogP contribution is 2.33. The van der Waals surface area contributed by atoms with Crippen LogP contribution in [0.1, 0.15) is 40.8 Å². The number of rotatable bonds is 4. The Hall–Kier alpha value is -2.05. The smallest absolute Gasteiger partial charge is 0.257 e. The predicted octanol–water partition coefficient (Wildman–Crippen LogP) is 2.68. The van der Waals surface area contributed by atoms with E-state index in [-0.39, 0.29) is 11.9 Å². The van der Waals surface area contributed by atoms with Crippen molar-refractivity contribution in [3.05, 3.63) is 47.8 Å². The molecule has 0 aromatic carbocycles. The SMILES string of the molecule is O=C(c1coc(CN2CCOCC2)c1)N1CCC[C@@H]1c1ccco1. The second kappa shape index (κ2) is 6.83. The molecule has 6 heteroatoms. The summed E-state index contributed by atoms with van der Waals surface area (Å²) in [4.78, 5) is 17.0. The molecule has 0 saturated carbocycles. The Morgan fingerprint density at radius 3 is 2.88 bits per heavy atom. The molecule has 4 heterocycles. The van der Waals surface area contributed by atoms with Crippen LogP contribution in [0.3, 0.4) is 0 Å². The van der Waals surface area contributed by atoms with Gasteiger partial charge in [-0.15, -0.1) is 0 Å². The van der Waals surface area contributed by atoms with Gasteiger partial charge in [-0.2, -0.15) is 0 Å². The Balaban J connectivity index is 1.44. The number of likely N-dealkylation sites (tertiary alicyclic amines) is 1. The fraction of sp³-hybridized carbons (Fsp3) is 0.500. The third kappa shape index (κ3) is 3.12. The van der Waals surface area contributed by atoms with E-state index < -0.39 is 0 Å². The highest BCUT2D eigenvalue weighted by Gasteiger charge is 2.33. The fourth-order valence-corrected chi connectivity index (χ4v) is 3.51. The van der Waals surface area contributed by atoms with E-state index in [9.17, 15) is 4.79 Å². The maximum Gasteiger partial charge on any atom is 0.257 e. The molecule has 2 aromatic heterocycles.